The zero-order valence-corrected chi connectivity index (χ0v) is 10.2. The summed E-state index contributed by atoms with van der Waals surface area (Å²) in [5.74, 6) is -0.102. The van der Waals surface area contributed by atoms with Crippen molar-refractivity contribution in [3.05, 3.63) is 35.1 Å². The molecule has 0 spiro atoms. The van der Waals surface area contributed by atoms with Crippen LogP contribution < -0.4 is 5.32 Å². The molecule has 2 nitrogen and oxygen atoms in total. The lowest BCUT2D eigenvalue weighted by Crippen LogP contribution is -2.35. The van der Waals surface area contributed by atoms with Crippen molar-refractivity contribution in [2.24, 2.45) is 0 Å². The first kappa shape index (κ1) is 11.2. The minimum atomic E-state index is -0.102. The molecule has 2 atom stereocenters. The predicted molar refractivity (Wildman–Crippen MR) is 66.5 cm³/mol. The Balaban J connectivity index is 1.82. The number of hydrogen-bond acceptors (Lipinski definition) is 2. The maximum atomic E-state index is 13.2. The van der Waals surface area contributed by atoms with Crippen LogP contribution in [0.5, 0.6) is 0 Å². The van der Waals surface area contributed by atoms with E-state index in [2.05, 4.69) is 17.3 Å². The molecular weight excluding hydrogens is 215 g/mol. The van der Waals surface area contributed by atoms with E-state index in [1.807, 2.05) is 6.07 Å². The number of hydrogen-bond donors (Lipinski definition) is 1. The molecule has 0 bridgehead atoms. The molecule has 1 saturated heterocycles. The fourth-order valence-electron chi connectivity index (χ4n) is 3.23. The molecule has 3 heteroatoms. The average molecular weight is 234 g/mol. The second kappa shape index (κ2) is 4.39. The van der Waals surface area contributed by atoms with Gasteiger partial charge in [0.05, 0.1) is 0 Å². The van der Waals surface area contributed by atoms with Crippen LogP contribution in [0.4, 0.5) is 4.39 Å². The minimum absolute atomic E-state index is 0.102. The maximum Gasteiger partial charge on any atom is 0.123 e. The van der Waals surface area contributed by atoms with Crippen LogP contribution >= 0.6 is 0 Å². The van der Waals surface area contributed by atoms with Crippen LogP contribution in [0.3, 0.4) is 0 Å². The van der Waals surface area contributed by atoms with Crippen LogP contribution in [0.15, 0.2) is 18.2 Å². The second-order valence-corrected chi connectivity index (χ2v) is 5.21. The van der Waals surface area contributed by atoms with Gasteiger partial charge in [0, 0.05) is 18.6 Å². The molecule has 17 heavy (non-hydrogen) atoms. The van der Waals surface area contributed by atoms with Crippen molar-refractivity contribution >= 4 is 0 Å². The van der Waals surface area contributed by atoms with Crippen LogP contribution in [0.1, 0.15) is 30.0 Å². The van der Waals surface area contributed by atoms with E-state index in [4.69, 9.17) is 0 Å². The molecular formula is C14H19FN2. The third kappa shape index (κ3) is 1.98. The normalized spacial score (nSPS) is 27.7. The summed E-state index contributed by atoms with van der Waals surface area (Å²) in [7, 11) is 2.21. The Labute approximate surface area is 102 Å². The Kier molecular flexibility index (Phi) is 2.89. The number of likely N-dealkylation sites (N-methyl/N-ethyl adjacent to an activating group) is 1. The molecule has 1 aliphatic heterocycles. The highest BCUT2D eigenvalue weighted by atomic mass is 19.1. The van der Waals surface area contributed by atoms with E-state index >= 15 is 0 Å². The minimum Gasteiger partial charge on any atom is -0.315 e. The summed E-state index contributed by atoms with van der Waals surface area (Å²) in [5.41, 5.74) is 2.54. The first-order chi connectivity index (χ1) is 8.25. The van der Waals surface area contributed by atoms with Gasteiger partial charge in [-0.1, -0.05) is 6.07 Å². The van der Waals surface area contributed by atoms with E-state index in [0.717, 1.165) is 25.9 Å². The van der Waals surface area contributed by atoms with Gasteiger partial charge in [-0.3, -0.25) is 4.90 Å². The first-order valence-electron chi connectivity index (χ1n) is 6.46. The maximum absolute atomic E-state index is 13.2. The Morgan fingerprint density at radius 1 is 1.35 bits per heavy atom. The molecule has 1 heterocycles. The Morgan fingerprint density at radius 3 is 3.00 bits per heavy atom. The van der Waals surface area contributed by atoms with Gasteiger partial charge in [-0.05, 0) is 56.1 Å². The van der Waals surface area contributed by atoms with Crippen molar-refractivity contribution in [2.75, 3.05) is 20.1 Å². The number of nitrogens with zero attached hydrogens (tertiary/aromatic N) is 1. The van der Waals surface area contributed by atoms with Gasteiger partial charge in [-0.25, -0.2) is 4.39 Å². The van der Waals surface area contributed by atoms with E-state index in [1.54, 1.807) is 12.1 Å². The SMILES string of the molecule is CN(C1CCNC1)C1CCc2cc(F)ccc21. The van der Waals surface area contributed by atoms with Gasteiger partial charge < -0.3 is 5.32 Å². The van der Waals surface area contributed by atoms with E-state index < -0.39 is 0 Å². The third-order valence-electron chi connectivity index (χ3n) is 4.25. The second-order valence-electron chi connectivity index (χ2n) is 5.21. The monoisotopic (exact) mass is 234 g/mol. The van der Waals surface area contributed by atoms with Crippen molar-refractivity contribution in [3.8, 4) is 0 Å². The summed E-state index contributed by atoms with van der Waals surface area (Å²) in [6.07, 6.45) is 3.37. The van der Waals surface area contributed by atoms with Gasteiger partial charge in [0.2, 0.25) is 0 Å². The van der Waals surface area contributed by atoms with E-state index in [9.17, 15) is 4.39 Å². The summed E-state index contributed by atoms with van der Waals surface area (Å²) in [4.78, 5) is 2.48. The molecule has 2 unspecified atom stereocenters. The standard InChI is InChI=1S/C14H19FN2/c1-17(12-6-7-16-9-12)14-5-2-10-8-11(15)3-4-13(10)14/h3-4,8,12,14,16H,2,5-7,9H2,1H3. The molecule has 0 saturated carbocycles. The van der Waals surface area contributed by atoms with Gasteiger partial charge in [0.1, 0.15) is 5.82 Å². The van der Waals surface area contributed by atoms with E-state index in [0.29, 0.717) is 12.1 Å². The fourth-order valence-corrected chi connectivity index (χ4v) is 3.23. The van der Waals surface area contributed by atoms with Gasteiger partial charge >= 0.3 is 0 Å². The van der Waals surface area contributed by atoms with Crippen LogP contribution in [0, 0.1) is 5.82 Å². The molecule has 92 valence electrons. The molecule has 1 aromatic rings. The largest absolute Gasteiger partial charge is 0.315 e. The number of halogens is 1. The van der Waals surface area contributed by atoms with Crippen molar-refractivity contribution < 1.29 is 4.39 Å². The summed E-state index contributed by atoms with van der Waals surface area (Å²) in [6.45, 7) is 2.21. The van der Waals surface area contributed by atoms with Gasteiger partial charge in [-0.15, -0.1) is 0 Å². The molecule has 2 aliphatic rings. The highest BCUT2D eigenvalue weighted by molar-refractivity contribution is 5.35. The van der Waals surface area contributed by atoms with Crippen LogP contribution in [-0.2, 0) is 6.42 Å². The van der Waals surface area contributed by atoms with Crippen LogP contribution in [-0.4, -0.2) is 31.1 Å². The molecule has 1 fully saturated rings. The van der Waals surface area contributed by atoms with Gasteiger partial charge in [0.15, 0.2) is 0 Å². The highest BCUT2D eigenvalue weighted by Crippen LogP contribution is 2.36. The summed E-state index contributed by atoms with van der Waals surface area (Å²) < 4.78 is 13.2. The average Bonchev–Trinajstić information content (AvgIpc) is 2.96. The summed E-state index contributed by atoms with van der Waals surface area (Å²) in [5, 5.41) is 3.41. The number of benzene rings is 1. The zero-order chi connectivity index (χ0) is 11.8. The van der Waals surface area contributed by atoms with E-state index in [-0.39, 0.29) is 5.82 Å². The quantitative estimate of drug-likeness (QED) is 0.843. The van der Waals surface area contributed by atoms with Crippen LogP contribution in [0.25, 0.3) is 0 Å². The van der Waals surface area contributed by atoms with Crippen molar-refractivity contribution in [1.29, 1.82) is 0 Å². The highest BCUT2D eigenvalue weighted by Gasteiger charge is 2.31. The zero-order valence-electron chi connectivity index (χ0n) is 10.2. The van der Waals surface area contributed by atoms with Gasteiger partial charge in [0.25, 0.3) is 0 Å². The molecule has 3 rings (SSSR count). The Morgan fingerprint density at radius 2 is 2.24 bits per heavy atom. The van der Waals surface area contributed by atoms with Crippen molar-refractivity contribution in [3.63, 3.8) is 0 Å². The lowest BCUT2D eigenvalue weighted by molar-refractivity contribution is 0.184. The third-order valence-corrected chi connectivity index (χ3v) is 4.25. The number of rotatable bonds is 2. The van der Waals surface area contributed by atoms with E-state index in [1.165, 1.54) is 17.5 Å². The lowest BCUT2D eigenvalue weighted by Gasteiger charge is -2.30. The Bertz CT molecular complexity index is 413. The smallest absolute Gasteiger partial charge is 0.123 e. The first-order valence-corrected chi connectivity index (χ1v) is 6.46. The van der Waals surface area contributed by atoms with Crippen molar-refractivity contribution in [1.82, 2.24) is 10.2 Å². The molecule has 1 aliphatic carbocycles. The summed E-state index contributed by atoms with van der Waals surface area (Å²) in [6, 6.07) is 6.39. The molecule has 1 aromatic carbocycles. The Hall–Kier alpha value is -0.930. The predicted octanol–water partition coefficient (Wildman–Crippen LogP) is 2.11. The number of fused-ring (bicyclic) bond motifs is 1. The van der Waals surface area contributed by atoms with Gasteiger partial charge in [-0.2, -0.15) is 0 Å². The van der Waals surface area contributed by atoms with Crippen molar-refractivity contribution in [2.45, 2.75) is 31.3 Å². The molecule has 1 N–H and O–H groups in total. The topological polar surface area (TPSA) is 15.3 Å². The fraction of sp³-hybridized carbons (Fsp3) is 0.571. The van der Waals surface area contributed by atoms with Crippen LogP contribution in [0.2, 0.25) is 0 Å². The lowest BCUT2D eigenvalue weighted by atomic mass is 10.1. The molecule has 0 aromatic heterocycles. The number of aryl methyl sites for hydroxylation is 1. The number of nitrogens with one attached hydrogen (secondary N) is 1. The molecule has 0 radical (unpaired) electrons. The molecule has 0 amide bonds. The summed E-state index contributed by atoms with van der Waals surface area (Å²) >= 11 is 0.